The Morgan fingerprint density at radius 2 is 1.95 bits per heavy atom. The molecule has 0 aliphatic carbocycles. The number of nitrogens with zero attached hydrogens (tertiary/aromatic N) is 2. The zero-order valence-corrected chi connectivity index (χ0v) is 12.0. The minimum Gasteiger partial charge on any atom is -0.477 e. The van der Waals surface area contributed by atoms with Gasteiger partial charge in [0.15, 0.2) is 5.69 Å². The van der Waals surface area contributed by atoms with Gasteiger partial charge in [0.05, 0.1) is 0 Å². The van der Waals surface area contributed by atoms with Gasteiger partial charge in [-0.2, -0.15) is 0 Å². The van der Waals surface area contributed by atoms with E-state index in [1.54, 1.807) is 12.1 Å². The van der Waals surface area contributed by atoms with Gasteiger partial charge >= 0.3 is 5.97 Å². The van der Waals surface area contributed by atoms with E-state index in [1.165, 1.54) is 11.8 Å². The molecular weight excluding hydrogens is 266 g/mol. The fourth-order valence-corrected chi connectivity index (χ4v) is 2.00. The van der Waals surface area contributed by atoms with E-state index >= 15 is 0 Å². The first-order valence-corrected chi connectivity index (χ1v) is 6.87. The Kier molecular flexibility index (Phi) is 5.15. The summed E-state index contributed by atoms with van der Waals surface area (Å²) in [6.07, 6.45) is 0.935. The van der Waals surface area contributed by atoms with Crippen LogP contribution in [0.15, 0.2) is 48.5 Å². The van der Waals surface area contributed by atoms with E-state index in [1.807, 2.05) is 18.2 Å². The average Bonchev–Trinajstić information content (AvgIpc) is 2.52. The van der Waals surface area contributed by atoms with Gasteiger partial charge in [0.25, 0.3) is 0 Å². The maximum absolute atomic E-state index is 10.8. The van der Waals surface area contributed by atoms with Gasteiger partial charge < -0.3 is 15.3 Å². The van der Waals surface area contributed by atoms with Crippen LogP contribution in [0.4, 0.5) is 11.5 Å². The Morgan fingerprint density at radius 3 is 2.67 bits per heavy atom. The van der Waals surface area contributed by atoms with Gasteiger partial charge in [-0.25, -0.2) is 9.78 Å². The third-order valence-electron chi connectivity index (χ3n) is 3.14. The standard InChI is InChI=1S/C16H19N3O2/c1-19(13-7-3-2-4-8-13)12-6-11-17-15-10-5-9-14(18-15)16(20)21/h2-5,7-10H,6,11-12H2,1H3,(H,17,18)(H,20,21). The summed E-state index contributed by atoms with van der Waals surface area (Å²) in [6, 6.07) is 15.1. The summed E-state index contributed by atoms with van der Waals surface area (Å²) in [5.41, 5.74) is 1.24. The number of pyridine rings is 1. The van der Waals surface area contributed by atoms with Crippen molar-refractivity contribution in [3.63, 3.8) is 0 Å². The Morgan fingerprint density at radius 1 is 1.19 bits per heavy atom. The summed E-state index contributed by atoms with van der Waals surface area (Å²) in [7, 11) is 2.05. The van der Waals surface area contributed by atoms with Crippen molar-refractivity contribution in [2.75, 3.05) is 30.4 Å². The second-order valence-electron chi connectivity index (χ2n) is 4.75. The smallest absolute Gasteiger partial charge is 0.354 e. The lowest BCUT2D eigenvalue weighted by molar-refractivity contribution is 0.0690. The monoisotopic (exact) mass is 285 g/mol. The van der Waals surface area contributed by atoms with Crippen molar-refractivity contribution >= 4 is 17.5 Å². The molecular formula is C16H19N3O2. The lowest BCUT2D eigenvalue weighted by Gasteiger charge is -2.19. The van der Waals surface area contributed by atoms with Crippen molar-refractivity contribution in [1.29, 1.82) is 0 Å². The highest BCUT2D eigenvalue weighted by Gasteiger charge is 2.04. The van der Waals surface area contributed by atoms with E-state index < -0.39 is 5.97 Å². The third kappa shape index (κ3) is 4.49. The zero-order chi connectivity index (χ0) is 15.1. The SMILES string of the molecule is CN(CCCNc1cccc(C(=O)O)n1)c1ccccc1. The molecule has 110 valence electrons. The minimum atomic E-state index is -1.01. The topological polar surface area (TPSA) is 65.5 Å². The number of hydrogen-bond acceptors (Lipinski definition) is 4. The number of anilines is 2. The molecule has 1 aromatic heterocycles. The van der Waals surface area contributed by atoms with Crippen LogP contribution in [0.2, 0.25) is 0 Å². The number of carboxylic acids is 1. The number of para-hydroxylation sites is 1. The molecule has 0 aliphatic rings. The Bertz CT molecular complexity index is 587. The van der Waals surface area contributed by atoms with Gasteiger partial charge in [0.2, 0.25) is 0 Å². The third-order valence-corrected chi connectivity index (χ3v) is 3.14. The van der Waals surface area contributed by atoms with Crippen molar-refractivity contribution < 1.29 is 9.90 Å². The Labute approximate surface area is 124 Å². The number of hydrogen-bond donors (Lipinski definition) is 2. The molecule has 5 heteroatoms. The summed E-state index contributed by atoms with van der Waals surface area (Å²) in [5.74, 6) is -0.417. The van der Waals surface area contributed by atoms with Crippen LogP contribution in [-0.4, -0.2) is 36.2 Å². The largest absolute Gasteiger partial charge is 0.477 e. The van der Waals surface area contributed by atoms with Crippen LogP contribution >= 0.6 is 0 Å². The molecule has 5 nitrogen and oxygen atoms in total. The highest BCUT2D eigenvalue weighted by molar-refractivity contribution is 5.85. The molecule has 2 rings (SSSR count). The first-order valence-electron chi connectivity index (χ1n) is 6.87. The van der Waals surface area contributed by atoms with Gasteiger partial charge in [-0.05, 0) is 30.7 Å². The molecule has 0 aliphatic heterocycles. The maximum atomic E-state index is 10.8. The summed E-state index contributed by atoms with van der Waals surface area (Å²) < 4.78 is 0. The number of benzene rings is 1. The molecule has 0 saturated carbocycles. The number of carboxylic acid groups (broad SMARTS) is 1. The van der Waals surface area contributed by atoms with Gasteiger partial charge in [0.1, 0.15) is 5.82 Å². The van der Waals surface area contributed by atoms with E-state index in [4.69, 9.17) is 5.11 Å². The highest BCUT2D eigenvalue weighted by Crippen LogP contribution is 2.11. The molecule has 0 spiro atoms. The molecule has 2 N–H and O–H groups in total. The molecule has 0 radical (unpaired) electrons. The fourth-order valence-electron chi connectivity index (χ4n) is 2.00. The van der Waals surface area contributed by atoms with E-state index in [2.05, 4.69) is 34.4 Å². The molecule has 0 bridgehead atoms. The summed E-state index contributed by atoms with van der Waals surface area (Å²) in [5, 5.41) is 12.0. The molecule has 21 heavy (non-hydrogen) atoms. The Balaban J connectivity index is 1.77. The number of aromatic nitrogens is 1. The minimum absolute atomic E-state index is 0.0569. The second-order valence-corrected chi connectivity index (χ2v) is 4.75. The van der Waals surface area contributed by atoms with E-state index in [-0.39, 0.29) is 5.69 Å². The van der Waals surface area contributed by atoms with Crippen LogP contribution in [0, 0.1) is 0 Å². The first-order chi connectivity index (χ1) is 10.2. The zero-order valence-electron chi connectivity index (χ0n) is 12.0. The van der Waals surface area contributed by atoms with Crippen LogP contribution in [0.5, 0.6) is 0 Å². The molecule has 0 saturated heterocycles. The fraction of sp³-hybridized carbons (Fsp3) is 0.250. The van der Waals surface area contributed by atoms with Gasteiger partial charge in [-0.3, -0.25) is 0 Å². The lowest BCUT2D eigenvalue weighted by Crippen LogP contribution is -2.20. The van der Waals surface area contributed by atoms with Gasteiger partial charge in [-0.15, -0.1) is 0 Å². The van der Waals surface area contributed by atoms with E-state index in [9.17, 15) is 4.79 Å². The normalized spacial score (nSPS) is 10.1. The summed E-state index contributed by atoms with van der Waals surface area (Å²) in [6.45, 7) is 1.66. The van der Waals surface area contributed by atoms with Crippen molar-refractivity contribution in [2.24, 2.45) is 0 Å². The molecule has 0 amide bonds. The van der Waals surface area contributed by atoms with E-state index in [0.717, 1.165) is 19.5 Å². The maximum Gasteiger partial charge on any atom is 0.354 e. The molecule has 1 heterocycles. The van der Waals surface area contributed by atoms with Gasteiger partial charge in [-0.1, -0.05) is 24.3 Å². The second kappa shape index (κ2) is 7.28. The number of carbonyl (C=O) groups is 1. The number of rotatable bonds is 7. The lowest BCUT2D eigenvalue weighted by atomic mass is 10.3. The molecule has 0 fully saturated rings. The van der Waals surface area contributed by atoms with Crippen LogP contribution < -0.4 is 10.2 Å². The predicted octanol–water partition coefficient (Wildman–Crippen LogP) is 2.72. The molecule has 0 unspecified atom stereocenters. The molecule has 0 atom stereocenters. The van der Waals surface area contributed by atoms with Crippen LogP contribution in [0.1, 0.15) is 16.9 Å². The molecule has 1 aromatic carbocycles. The van der Waals surface area contributed by atoms with Crippen molar-refractivity contribution in [2.45, 2.75) is 6.42 Å². The first kappa shape index (κ1) is 14.8. The highest BCUT2D eigenvalue weighted by atomic mass is 16.4. The van der Waals surface area contributed by atoms with Crippen molar-refractivity contribution in [1.82, 2.24) is 4.98 Å². The van der Waals surface area contributed by atoms with Crippen molar-refractivity contribution in [3.05, 3.63) is 54.2 Å². The number of nitrogens with one attached hydrogen (secondary N) is 1. The average molecular weight is 285 g/mol. The van der Waals surface area contributed by atoms with Crippen LogP contribution in [0.25, 0.3) is 0 Å². The van der Waals surface area contributed by atoms with Crippen molar-refractivity contribution in [3.8, 4) is 0 Å². The molecule has 2 aromatic rings. The van der Waals surface area contributed by atoms with Crippen LogP contribution in [0.3, 0.4) is 0 Å². The Hall–Kier alpha value is -2.56. The summed E-state index contributed by atoms with van der Waals surface area (Å²) in [4.78, 5) is 17.0. The quantitative estimate of drug-likeness (QED) is 0.766. The predicted molar refractivity (Wildman–Crippen MR) is 84.0 cm³/mol. The van der Waals surface area contributed by atoms with E-state index in [0.29, 0.717) is 5.82 Å². The van der Waals surface area contributed by atoms with Gasteiger partial charge in [0, 0.05) is 25.8 Å². The van der Waals surface area contributed by atoms with Crippen LogP contribution in [-0.2, 0) is 0 Å². The number of aromatic carboxylic acids is 1. The summed E-state index contributed by atoms with van der Waals surface area (Å²) >= 11 is 0.